The van der Waals surface area contributed by atoms with Gasteiger partial charge in [-0.1, -0.05) is 11.6 Å². The van der Waals surface area contributed by atoms with E-state index in [0.29, 0.717) is 17.3 Å². The minimum atomic E-state index is -0.116. The fourth-order valence-electron chi connectivity index (χ4n) is 1.76. The fraction of sp³-hybridized carbons (Fsp3) is 0.429. The highest BCUT2D eigenvalue weighted by Crippen LogP contribution is 2.13. The van der Waals surface area contributed by atoms with Gasteiger partial charge < -0.3 is 10.2 Å². The molecule has 1 rings (SSSR count). The maximum atomic E-state index is 11.8. The van der Waals surface area contributed by atoms with E-state index in [4.69, 9.17) is 11.6 Å². The Labute approximate surface area is 118 Å². The van der Waals surface area contributed by atoms with E-state index in [1.54, 1.807) is 29.2 Å². The van der Waals surface area contributed by atoms with Crippen LogP contribution in [0.5, 0.6) is 0 Å². The minimum Gasteiger partial charge on any atom is -0.340 e. The standard InChI is InChI=1S/C14H19ClN2O2/c1-10(2)17(11(3)18)9-8-14(19)16-13-6-4-12(15)5-7-13/h4-7,10H,8-9H2,1-3H3,(H,16,19). The first kappa shape index (κ1) is 15.5. The zero-order valence-electron chi connectivity index (χ0n) is 11.4. The summed E-state index contributed by atoms with van der Waals surface area (Å²) in [5, 5.41) is 3.39. The van der Waals surface area contributed by atoms with E-state index in [1.165, 1.54) is 6.92 Å². The molecular weight excluding hydrogens is 264 g/mol. The average molecular weight is 283 g/mol. The molecule has 0 aromatic heterocycles. The summed E-state index contributed by atoms with van der Waals surface area (Å²) in [5.41, 5.74) is 0.702. The van der Waals surface area contributed by atoms with Crippen molar-refractivity contribution in [1.82, 2.24) is 4.90 Å². The number of rotatable bonds is 5. The highest BCUT2D eigenvalue weighted by Gasteiger charge is 2.14. The Morgan fingerprint density at radius 1 is 1.26 bits per heavy atom. The first-order valence-corrected chi connectivity index (χ1v) is 6.60. The maximum absolute atomic E-state index is 11.8. The summed E-state index contributed by atoms with van der Waals surface area (Å²) in [7, 11) is 0. The zero-order chi connectivity index (χ0) is 14.4. The summed E-state index contributed by atoms with van der Waals surface area (Å²) in [5.74, 6) is -0.136. The largest absolute Gasteiger partial charge is 0.340 e. The molecule has 0 bridgehead atoms. The van der Waals surface area contributed by atoms with Crippen LogP contribution in [0.3, 0.4) is 0 Å². The zero-order valence-corrected chi connectivity index (χ0v) is 12.2. The molecule has 0 spiro atoms. The molecule has 0 saturated heterocycles. The molecular formula is C14H19ClN2O2. The maximum Gasteiger partial charge on any atom is 0.226 e. The van der Waals surface area contributed by atoms with E-state index < -0.39 is 0 Å². The SMILES string of the molecule is CC(=O)N(CCC(=O)Nc1ccc(Cl)cc1)C(C)C. The molecule has 1 N–H and O–H groups in total. The van der Waals surface area contributed by atoms with Crippen LogP contribution in [-0.4, -0.2) is 29.3 Å². The van der Waals surface area contributed by atoms with Crippen molar-refractivity contribution in [3.8, 4) is 0 Å². The number of carbonyl (C=O) groups excluding carboxylic acids is 2. The Hall–Kier alpha value is -1.55. The van der Waals surface area contributed by atoms with Crippen molar-refractivity contribution in [2.75, 3.05) is 11.9 Å². The summed E-state index contributed by atoms with van der Waals surface area (Å²) >= 11 is 5.76. The number of carbonyl (C=O) groups is 2. The smallest absolute Gasteiger partial charge is 0.226 e. The molecule has 5 heteroatoms. The predicted octanol–water partition coefficient (Wildman–Crippen LogP) is 2.93. The van der Waals surface area contributed by atoms with E-state index >= 15 is 0 Å². The molecule has 0 aliphatic carbocycles. The van der Waals surface area contributed by atoms with Gasteiger partial charge in [0, 0.05) is 36.6 Å². The number of anilines is 1. The van der Waals surface area contributed by atoms with E-state index in [2.05, 4.69) is 5.32 Å². The predicted molar refractivity (Wildman–Crippen MR) is 77.2 cm³/mol. The van der Waals surface area contributed by atoms with Gasteiger partial charge in [-0.05, 0) is 38.1 Å². The van der Waals surface area contributed by atoms with Crippen molar-refractivity contribution in [3.63, 3.8) is 0 Å². The molecule has 0 heterocycles. The molecule has 2 amide bonds. The summed E-state index contributed by atoms with van der Waals surface area (Å²) in [4.78, 5) is 24.8. The van der Waals surface area contributed by atoms with Gasteiger partial charge in [0.25, 0.3) is 0 Å². The van der Waals surface area contributed by atoms with Gasteiger partial charge in [-0.15, -0.1) is 0 Å². The van der Waals surface area contributed by atoms with Crippen LogP contribution in [0.2, 0.25) is 5.02 Å². The number of benzene rings is 1. The molecule has 0 fully saturated rings. The summed E-state index contributed by atoms with van der Waals surface area (Å²) in [6, 6.07) is 7.01. The van der Waals surface area contributed by atoms with E-state index in [1.807, 2.05) is 13.8 Å². The first-order valence-electron chi connectivity index (χ1n) is 6.22. The van der Waals surface area contributed by atoms with Gasteiger partial charge in [-0.25, -0.2) is 0 Å². The fourth-order valence-corrected chi connectivity index (χ4v) is 1.88. The molecule has 1 aromatic rings. The Balaban J connectivity index is 2.47. The van der Waals surface area contributed by atoms with E-state index in [0.717, 1.165) is 0 Å². The molecule has 0 aliphatic heterocycles. The van der Waals surface area contributed by atoms with Crippen molar-refractivity contribution in [1.29, 1.82) is 0 Å². The Morgan fingerprint density at radius 3 is 2.32 bits per heavy atom. The highest BCUT2D eigenvalue weighted by atomic mass is 35.5. The normalized spacial score (nSPS) is 10.4. The van der Waals surface area contributed by atoms with Crippen LogP contribution >= 0.6 is 11.6 Å². The number of hydrogen-bond acceptors (Lipinski definition) is 2. The van der Waals surface area contributed by atoms with Crippen LogP contribution in [-0.2, 0) is 9.59 Å². The van der Waals surface area contributed by atoms with Gasteiger partial charge in [-0.2, -0.15) is 0 Å². The Morgan fingerprint density at radius 2 is 1.84 bits per heavy atom. The lowest BCUT2D eigenvalue weighted by molar-refractivity contribution is -0.130. The van der Waals surface area contributed by atoms with Crippen molar-refractivity contribution in [2.45, 2.75) is 33.2 Å². The summed E-state index contributed by atoms with van der Waals surface area (Å²) < 4.78 is 0. The molecule has 1 aromatic carbocycles. The van der Waals surface area contributed by atoms with E-state index in [9.17, 15) is 9.59 Å². The Kier molecular flexibility index (Phi) is 5.83. The van der Waals surface area contributed by atoms with Crippen molar-refractivity contribution in [2.24, 2.45) is 0 Å². The second-order valence-electron chi connectivity index (χ2n) is 4.61. The quantitative estimate of drug-likeness (QED) is 0.903. The molecule has 0 unspecified atom stereocenters. The van der Waals surface area contributed by atoms with Crippen LogP contribution in [0.15, 0.2) is 24.3 Å². The average Bonchev–Trinajstić information content (AvgIpc) is 2.31. The number of amides is 2. The second kappa shape index (κ2) is 7.14. The van der Waals surface area contributed by atoms with Crippen molar-refractivity contribution in [3.05, 3.63) is 29.3 Å². The lowest BCUT2D eigenvalue weighted by Crippen LogP contribution is -2.37. The minimum absolute atomic E-state index is 0.0192. The van der Waals surface area contributed by atoms with Crippen LogP contribution in [0, 0.1) is 0 Å². The van der Waals surface area contributed by atoms with Crippen molar-refractivity contribution < 1.29 is 9.59 Å². The third-order valence-corrected chi connectivity index (χ3v) is 2.99. The van der Waals surface area contributed by atoms with Gasteiger partial charge in [0.1, 0.15) is 0 Å². The third kappa shape index (κ3) is 5.30. The monoisotopic (exact) mass is 282 g/mol. The molecule has 4 nitrogen and oxygen atoms in total. The van der Waals surface area contributed by atoms with Crippen molar-refractivity contribution >= 4 is 29.1 Å². The Bertz CT molecular complexity index is 443. The molecule has 0 radical (unpaired) electrons. The number of halogens is 1. The van der Waals surface area contributed by atoms with Crippen LogP contribution in [0.4, 0.5) is 5.69 Å². The van der Waals surface area contributed by atoms with Gasteiger partial charge >= 0.3 is 0 Å². The van der Waals surface area contributed by atoms with Gasteiger partial charge in [0.15, 0.2) is 0 Å². The van der Waals surface area contributed by atoms with Crippen LogP contribution in [0.25, 0.3) is 0 Å². The summed E-state index contributed by atoms with van der Waals surface area (Å²) in [6.07, 6.45) is 0.278. The topological polar surface area (TPSA) is 49.4 Å². The second-order valence-corrected chi connectivity index (χ2v) is 5.05. The molecule has 19 heavy (non-hydrogen) atoms. The van der Waals surface area contributed by atoms with E-state index in [-0.39, 0.29) is 24.3 Å². The molecule has 0 atom stereocenters. The molecule has 0 aliphatic rings. The van der Waals surface area contributed by atoms with Crippen LogP contribution < -0.4 is 5.32 Å². The van der Waals surface area contributed by atoms with Gasteiger partial charge in [0.05, 0.1) is 0 Å². The number of nitrogens with one attached hydrogen (secondary N) is 1. The number of nitrogens with zero attached hydrogens (tertiary/aromatic N) is 1. The molecule has 0 saturated carbocycles. The van der Waals surface area contributed by atoms with Crippen LogP contribution in [0.1, 0.15) is 27.2 Å². The van der Waals surface area contributed by atoms with Gasteiger partial charge in [-0.3, -0.25) is 9.59 Å². The molecule has 104 valence electrons. The number of hydrogen-bond donors (Lipinski definition) is 1. The first-order chi connectivity index (χ1) is 8.90. The summed E-state index contributed by atoms with van der Waals surface area (Å²) in [6.45, 7) is 5.79. The lowest BCUT2D eigenvalue weighted by Gasteiger charge is -2.24. The highest BCUT2D eigenvalue weighted by molar-refractivity contribution is 6.30. The van der Waals surface area contributed by atoms with Gasteiger partial charge in [0.2, 0.25) is 11.8 Å². The third-order valence-electron chi connectivity index (χ3n) is 2.74. The lowest BCUT2D eigenvalue weighted by atomic mass is 10.2.